The second-order valence-corrected chi connectivity index (χ2v) is 6.47. The van der Waals surface area contributed by atoms with Gasteiger partial charge in [0.15, 0.2) is 0 Å². The first-order chi connectivity index (χ1) is 9.17. The summed E-state index contributed by atoms with van der Waals surface area (Å²) < 4.78 is 15.9. The van der Waals surface area contributed by atoms with Gasteiger partial charge >= 0.3 is 0 Å². The van der Waals surface area contributed by atoms with Crippen LogP contribution in [-0.4, -0.2) is 37.6 Å². The van der Waals surface area contributed by atoms with Crippen molar-refractivity contribution in [3.63, 3.8) is 0 Å². The van der Waals surface area contributed by atoms with Gasteiger partial charge < -0.3 is 14.2 Å². The quantitative estimate of drug-likeness (QED) is 0.547. The van der Waals surface area contributed by atoms with Gasteiger partial charge in [-0.1, -0.05) is 26.7 Å². The maximum atomic E-state index is 5.45. The normalized spacial score (nSPS) is 39.0. The summed E-state index contributed by atoms with van der Waals surface area (Å²) in [5.74, 6) is 0.994. The average Bonchev–Trinajstić information content (AvgIpc) is 3.28. The molecule has 0 aromatic heterocycles. The van der Waals surface area contributed by atoms with Gasteiger partial charge in [-0.2, -0.15) is 0 Å². The minimum atomic E-state index is 0.0785. The smallest absolute Gasteiger partial charge is 0.112 e. The number of ether oxygens (including phenoxy) is 3. The van der Waals surface area contributed by atoms with Gasteiger partial charge in [-0.05, 0) is 38.5 Å². The van der Waals surface area contributed by atoms with Gasteiger partial charge in [-0.3, -0.25) is 0 Å². The molecule has 0 amide bonds. The van der Waals surface area contributed by atoms with Gasteiger partial charge in [0.25, 0.3) is 0 Å². The van der Waals surface area contributed by atoms with E-state index >= 15 is 0 Å². The summed E-state index contributed by atoms with van der Waals surface area (Å²) in [5, 5.41) is 0. The van der Waals surface area contributed by atoms with Crippen LogP contribution in [0.15, 0.2) is 0 Å². The maximum Gasteiger partial charge on any atom is 0.112 e. The molecule has 0 spiro atoms. The standard InChI is InChI=1S/C9H16O.C7H14O2/c1-2-3-7-4-5-8-9(6-7)10-8;1-3-4-8-5-7(2)6-9-7/h7-9H,2-6H2,1H3;3-6H2,1-2H3. The van der Waals surface area contributed by atoms with Crippen molar-refractivity contribution in [2.24, 2.45) is 5.92 Å². The molecule has 2 aliphatic heterocycles. The molecule has 0 radical (unpaired) electrons. The van der Waals surface area contributed by atoms with Crippen molar-refractivity contribution in [3.8, 4) is 0 Å². The molecule has 0 N–H and O–H groups in total. The van der Waals surface area contributed by atoms with Gasteiger partial charge in [-0.15, -0.1) is 0 Å². The van der Waals surface area contributed by atoms with E-state index in [0.29, 0.717) is 12.2 Å². The number of fused-ring (bicyclic) bond motifs is 1. The van der Waals surface area contributed by atoms with E-state index in [4.69, 9.17) is 14.2 Å². The molecule has 112 valence electrons. The highest BCUT2D eigenvalue weighted by Gasteiger charge is 2.43. The van der Waals surface area contributed by atoms with E-state index in [-0.39, 0.29) is 5.60 Å². The Labute approximate surface area is 118 Å². The average molecular weight is 270 g/mol. The summed E-state index contributed by atoms with van der Waals surface area (Å²) in [6.45, 7) is 8.95. The van der Waals surface area contributed by atoms with Crippen molar-refractivity contribution in [2.45, 2.75) is 77.1 Å². The van der Waals surface area contributed by atoms with Crippen molar-refractivity contribution < 1.29 is 14.2 Å². The Kier molecular flexibility index (Phi) is 5.67. The summed E-state index contributed by atoms with van der Waals surface area (Å²) in [6.07, 6.45) is 9.37. The van der Waals surface area contributed by atoms with E-state index in [2.05, 4.69) is 20.8 Å². The van der Waals surface area contributed by atoms with Crippen molar-refractivity contribution in [2.75, 3.05) is 19.8 Å². The first-order valence-corrected chi connectivity index (χ1v) is 8.04. The molecule has 3 nitrogen and oxygen atoms in total. The van der Waals surface area contributed by atoms with Crippen LogP contribution in [0.25, 0.3) is 0 Å². The minimum Gasteiger partial charge on any atom is -0.378 e. The second kappa shape index (κ2) is 7.05. The Morgan fingerprint density at radius 3 is 2.53 bits per heavy atom. The number of epoxide rings is 2. The van der Waals surface area contributed by atoms with E-state index < -0.39 is 0 Å². The lowest BCUT2D eigenvalue weighted by molar-refractivity contribution is 0.0858. The largest absolute Gasteiger partial charge is 0.378 e. The predicted octanol–water partition coefficient (Wildman–Crippen LogP) is 3.56. The van der Waals surface area contributed by atoms with Crippen molar-refractivity contribution in [1.29, 1.82) is 0 Å². The SMILES string of the molecule is CCCC1CCC2OC2C1.CCCOCC1(C)CO1. The predicted molar refractivity (Wildman–Crippen MR) is 76.4 cm³/mol. The molecule has 1 saturated carbocycles. The van der Waals surface area contributed by atoms with Crippen LogP contribution in [-0.2, 0) is 14.2 Å². The minimum absolute atomic E-state index is 0.0785. The Morgan fingerprint density at radius 1 is 1.16 bits per heavy atom. The molecule has 3 fully saturated rings. The highest BCUT2D eigenvalue weighted by Crippen LogP contribution is 2.40. The molecule has 4 atom stereocenters. The summed E-state index contributed by atoms with van der Waals surface area (Å²) in [5.41, 5.74) is 0.0785. The zero-order valence-corrected chi connectivity index (χ0v) is 12.8. The molecular formula is C16H30O3. The Balaban J connectivity index is 0.000000141. The van der Waals surface area contributed by atoms with Crippen LogP contribution in [0.3, 0.4) is 0 Å². The summed E-state index contributed by atoms with van der Waals surface area (Å²) in [4.78, 5) is 0. The third-order valence-corrected chi connectivity index (χ3v) is 4.20. The molecule has 2 saturated heterocycles. The molecule has 1 aliphatic carbocycles. The first-order valence-electron chi connectivity index (χ1n) is 8.04. The molecule has 0 aromatic carbocycles. The Bertz CT molecular complexity index is 263. The zero-order chi connectivity index (χ0) is 13.7. The molecule has 0 bridgehead atoms. The van der Waals surface area contributed by atoms with E-state index in [1.165, 1.54) is 32.1 Å². The number of hydrogen-bond acceptors (Lipinski definition) is 3. The van der Waals surface area contributed by atoms with E-state index in [1.54, 1.807) is 0 Å². The van der Waals surface area contributed by atoms with Crippen LogP contribution in [0.2, 0.25) is 0 Å². The molecular weight excluding hydrogens is 240 g/mol. The Morgan fingerprint density at radius 2 is 1.95 bits per heavy atom. The van der Waals surface area contributed by atoms with Gasteiger partial charge in [0.2, 0.25) is 0 Å². The topological polar surface area (TPSA) is 34.3 Å². The van der Waals surface area contributed by atoms with Gasteiger partial charge in [0, 0.05) is 6.61 Å². The molecule has 19 heavy (non-hydrogen) atoms. The highest BCUT2D eigenvalue weighted by atomic mass is 16.6. The van der Waals surface area contributed by atoms with E-state index in [1.807, 2.05) is 0 Å². The lowest BCUT2D eigenvalue weighted by atomic mass is 9.86. The lowest BCUT2D eigenvalue weighted by Crippen LogP contribution is -2.14. The third-order valence-electron chi connectivity index (χ3n) is 4.20. The van der Waals surface area contributed by atoms with Crippen LogP contribution in [0.5, 0.6) is 0 Å². The van der Waals surface area contributed by atoms with Crippen LogP contribution in [0.4, 0.5) is 0 Å². The molecule has 2 heterocycles. The highest BCUT2D eigenvalue weighted by molar-refractivity contribution is 4.91. The van der Waals surface area contributed by atoms with Crippen LogP contribution < -0.4 is 0 Å². The lowest BCUT2D eigenvalue weighted by Gasteiger charge is -2.17. The molecule has 3 aliphatic rings. The summed E-state index contributed by atoms with van der Waals surface area (Å²) in [7, 11) is 0. The van der Waals surface area contributed by atoms with E-state index in [0.717, 1.165) is 32.2 Å². The monoisotopic (exact) mass is 270 g/mol. The van der Waals surface area contributed by atoms with Crippen molar-refractivity contribution >= 4 is 0 Å². The fourth-order valence-corrected chi connectivity index (χ4v) is 2.80. The third kappa shape index (κ3) is 5.41. The van der Waals surface area contributed by atoms with Crippen molar-refractivity contribution in [3.05, 3.63) is 0 Å². The van der Waals surface area contributed by atoms with Gasteiger partial charge in [-0.25, -0.2) is 0 Å². The Hall–Kier alpha value is -0.120. The summed E-state index contributed by atoms with van der Waals surface area (Å²) >= 11 is 0. The molecule has 0 aromatic rings. The zero-order valence-electron chi connectivity index (χ0n) is 12.8. The fraction of sp³-hybridized carbons (Fsp3) is 1.00. The summed E-state index contributed by atoms with van der Waals surface area (Å²) in [6, 6.07) is 0. The van der Waals surface area contributed by atoms with Crippen LogP contribution in [0, 0.1) is 5.92 Å². The van der Waals surface area contributed by atoms with Gasteiger partial charge in [0.1, 0.15) is 5.60 Å². The fourth-order valence-electron chi connectivity index (χ4n) is 2.80. The number of rotatable bonds is 6. The first kappa shape index (κ1) is 15.3. The van der Waals surface area contributed by atoms with Crippen LogP contribution >= 0.6 is 0 Å². The number of hydrogen-bond donors (Lipinski definition) is 0. The van der Waals surface area contributed by atoms with Gasteiger partial charge in [0.05, 0.1) is 25.4 Å². The molecule has 3 rings (SSSR count). The maximum absolute atomic E-state index is 5.45. The van der Waals surface area contributed by atoms with E-state index in [9.17, 15) is 0 Å². The second-order valence-electron chi connectivity index (χ2n) is 6.47. The molecule has 4 unspecified atom stereocenters. The molecule has 3 heteroatoms. The van der Waals surface area contributed by atoms with Crippen LogP contribution in [0.1, 0.15) is 59.3 Å². The van der Waals surface area contributed by atoms with Crippen molar-refractivity contribution in [1.82, 2.24) is 0 Å².